The summed E-state index contributed by atoms with van der Waals surface area (Å²) in [4.78, 5) is 17.0. The normalized spacial score (nSPS) is 13.4. The Bertz CT molecular complexity index is 1270. The number of nitrogens with zero attached hydrogens (tertiary/aromatic N) is 1. The van der Waals surface area contributed by atoms with E-state index in [0.29, 0.717) is 26.2 Å². The van der Waals surface area contributed by atoms with E-state index in [0.717, 1.165) is 22.3 Å². The Labute approximate surface area is 203 Å². The van der Waals surface area contributed by atoms with Gasteiger partial charge in [-0.1, -0.05) is 42.1 Å². The van der Waals surface area contributed by atoms with E-state index >= 15 is 0 Å². The first kappa shape index (κ1) is 22.6. The molecule has 0 N–H and O–H groups in total. The van der Waals surface area contributed by atoms with Crippen LogP contribution in [0.15, 0.2) is 87.0 Å². The number of carbonyl (C=O) groups excluding carboxylic acids is 1. The van der Waals surface area contributed by atoms with Gasteiger partial charge in [-0.25, -0.2) is 4.79 Å². The van der Waals surface area contributed by atoms with Crippen LogP contribution in [-0.2, 0) is 27.2 Å². The minimum absolute atomic E-state index is 0.322. The molecule has 5 nitrogen and oxygen atoms in total. The van der Waals surface area contributed by atoms with Gasteiger partial charge < -0.3 is 18.8 Å². The lowest BCUT2D eigenvalue weighted by Crippen LogP contribution is -2.28. The van der Waals surface area contributed by atoms with Crippen LogP contribution < -0.4 is 4.90 Å². The molecule has 0 bridgehead atoms. The Hall–Kier alpha value is -3.22. The summed E-state index contributed by atoms with van der Waals surface area (Å²) in [5.41, 5.74) is 4.20. The van der Waals surface area contributed by atoms with Crippen molar-refractivity contribution in [3.05, 3.63) is 84.1 Å². The van der Waals surface area contributed by atoms with Crippen LogP contribution in [0.1, 0.15) is 25.2 Å². The van der Waals surface area contributed by atoms with Gasteiger partial charge in [-0.05, 0) is 61.9 Å². The Balaban J connectivity index is 1.41. The Morgan fingerprint density at radius 3 is 2.32 bits per heavy atom. The predicted octanol–water partition coefficient (Wildman–Crippen LogP) is 6.75. The summed E-state index contributed by atoms with van der Waals surface area (Å²) >= 11 is 1.80. The van der Waals surface area contributed by atoms with E-state index in [4.69, 9.17) is 13.9 Å². The van der Waals surface area contributed by atoms with Crippen LogP contribution in [0.25, 0.3) is 11.0 Å². The van der Waals surface area contributed by atoms with Crippen LogP contribution >= 0.6 is 11.8 Å². The zero-order valence-corrected chi connectivity index (χ0v) is 20.1. The lowest BCUT2D eigenvalue weighted by molar-refractivity contribution is -0.156. The molecule has 34 heavy (non-hydrogen) atoms. The largest absolute Gasteiger partial charge is 0.464 e. The van der Waals surface area contributed by atoms with E-state index in [1.807, 2.05) is 19.1 Å². The highest BCUT2D eigenvalue weighted by atomic mass is 32.2. The third kappa shape index (κ3) is 4.56. The average Bonchev–Trinajstić information content (AvgIpc) is 3.25. The van der Waals surface area contributed by atoms with E-state index in [-0.39, 0.29) is 5.97 Å². The lowest BCUT2D eigenvalue weighted by atomic mass is 10.1. The summed E-state index contributed by atoms with van der Waals surface area (Å²) < 4.78 is 17.0. The molecule has 1 atom stereocenters. The number of esters is 1. The highest BCUT2D eigenvalue weighted by Gasteiger charge is 2.24. The van der Waals surface area contributed by atoms with Crippen LogP contribution in [-0.4, -0.2) is 25.3 Å². The number of carbonyl (C=O) groups is 1. The summed E-state index contributed by atoms with van der Waals surface area (Å²) in [6, 6.07) is 25.0. The molecule has 1 aliphatic rings. The zero-order chi connectivity index (χ0) is 23.5. The van der Waals surface area contributed by atoms with E-state index < -0.39 is 6.10 Å². The molecule has 3 aromatic carbocycles. The summed E-state index contributed by atoms with van der Waals surface area (Å²) in [7, 11) is 0. The smallest absolute Gasteiger partial charge is 0.335 e. The number of para-hydroxylation sites is 2. The van der Waals surface area contributed by atoms with Crippen molar-refractivity contribution in [2.45, 2.75) is 42.7 Å². The summed E-state index contributed by atoms with van der Waals surface area (Å²) in [6.45, 7) is 5.11. The molecule has 0 amide bonds. The Morgan fingerprint density at radius 1 is 0.941 bits per heavy atom. The second kappa shape index (κ2) is 9.95. The van der Waals surface area contributed by atoms with Gasteiger partial charge in [0.1, 0.15) is 11.3 Å². The number of furan rings is 1. The van der Waals surface area contributed by atoms with Gasteiger partial charge in [-0.2, -0.15) is 0 Å². The number of anilines is 2. The molecule has 0 fully saturated rings. The first-order valence-electron chi connectivity index (χ1n) is 11.6. The van der Waals surface area contributed by atoms with Crippen LogP contribution in [0.5, 0.6) is 0 Å². The molecule has 0 radical (unpaired) electrons. The quantitative estimate of drug-likeness (QED) is 0.264. The number of fused-ring (bicyclic) bond motifs is 3. The maximum atomic E-state index is 12.3. The first-order valence-corrected chi connectivity index (χ1v) is 12.4. The minimum Gasteiger partial charge on any atom is -0.464 e. The fourth-order valence-corrected chi connectivity index (χ4v) is 5.42. The van der Waals surface area contributed by atoms with Gasteiger partial charge in [0.25, 0.3) is 0 Å². The number of hydrogen-bond donors (Lipinski definition) is 0. The zero-order valence-electron chi connectivity index (χ0n) is 19.3. The molecule has 1 unspecified atom stereocenters. The molecular weight excluding hydrogens is 446 g/mol. The van der Waals surface area contributed by atoms with Crippen molar-refractivity contribution in [1.82, 2.24) is 0 Å². The second-order valence-electron chi connectivity index (χ2n) is 8.11. The number of hydrogen-bond acceptors (Lipinski definition) is 6. The van der Waals surface area contributed by atoms with Crippen molar-refractivity contribution in [3.63, 3.8) is 0 Å². The van der Waals surface area contributed by atoms with Crippen molar-refractivity contribution in [2.75, 3.05) is 18.1 Å². The lowest BCUT2D eigenvalue weighted by Gasteiger charge is -2.32. The molecule has 0 saturated carbocycles. The van der Waals surface area contributed by atoms with E-state index in [1.165, 1.54) is 21.2 Å². The third-order valence-corrected chi connectivity index (χ3v) is 6.95. The first-order chi connectivity index (χ1) is 16.7. The molecule has 4 aromatic rings. The molecule has 2 heterocycles. The van der Waals surface area contributed by atoms with Crippen molar-refractivity contribution in [1.29, 1.82) is 0 Å². The summed E-state index contributed by atoms with van der Waals surface area (Å²) in [5, 5.41) is 1.01. The second-order valence-corrected chi connectivity index (χ2v) is 9.19. The van der Waals surface area contributed by atoms with Crippen molar-refractivity contribution in [2.24, 2.45) is 0 Å². The fourth-order valence-electron chi connectivity index (χ4n) is 4.32. The van der Waals surface area contributed by atoms with E-state index in [9.17, 15) is 4.79 Å². The average molecular weight is 474 g/mol. The molecule has 0 saturated heterocycles. The van der Waals surface area contributed by atoms with Gasteiger partial charge in [0.2, 0.25) is 0 Å². The third-order valence-electron chi connectivity index (χ3n) is 5.82. The maximum absolute atomic E-state index is 12.3. The number of rotatable bonds is 8. The maximum Gasteiger partial charge on any atom is 0.335 e. The Morgan fingerprint density at radius 2 is 1.65 bits per heavy atom. The van der Waals surface area contributed by atoms with Crippen LogP contribution in [0.4, 0.5) is 11.4 Å². The van der Waals surface area contributed by atoms with E-state index in [1.54, 1.807) is 18.7 Å². The molecule has 1 aromatic heterocycles. The summed E-state index contributed by atoms with van der Waals surface area (Å²) in [5.74, 6) is 0.563. The van der Waals surface area contributed by atoms with Crippen LogP contribution in [0, 0.1) is 0 Å². The monoisotopic (exact) mass is 473 g/mol. The predicted molar refractivity (Wildman–Crippen MR) is 135 cm³/mol. The van der Waals surface area contributed by atoms with Gasteiger partial charge in [0, 0.05) is 28.2 Å². The van der Waals surface area contributed by atoms with Gasteiger partial charge in [0.15, 0.2) is 6.10 Å². The molecule has 5 rings (SSSR count). The molecule has 6 heteroatoms. The van der Waals surface area contributed by atoms with Gasteiger partial charge in [-0.3, -0.25) is 0 Å². The van der Waals surface area contributed by atoms with Crippen molar-refractivity contribution < 1.29 is 18.7 Å². The highest BCUT2D eigenvalue weighted by Crippen LogP contribution is 2.48. The highest BCUT2D eigenvalue weighted by molar-refractivity contribution is 7.99. The molecular formula is C28H27NO4S. The molecule has 0 spiro atoms. The number of benzene rings is 3. The summed E-state index contributed by atoms with van der Waals surface area (Å²) in [6.07, 6.45) is -0.139. The molecule has 174 valence electrons. The van der Waals surface area contributed by atoms with Gasteiger partial charge in [0.05, 0.1) is 24.5 Å². The van der Waals surface area contributed by atoms with Gasteiger partial charge >= 0.3 is 5.97 Å². The molecule has 1 aliphatic heterocycles. The standard InChI is InChI=1S/C28H27NO4S/c1-3-31-25(28(30)32-4-2)16-19-13-14-24-20(15-19)17-21(33-24)18-29-22-9-5-7-11-26(22)34-27-12-8-6-10-23(27)29/h5-15,17,25H,3-4,16,18H2,1-2H3. The SMILES string of the molecule is CCOC(=O)C(Cc1ccc2oc(CN3c4ccccc4Sc4ccccc43)cc2c1)OCC. The number of ether oxygens (including phenoxy) is 2. The topological polar surface area (TPSA) is 51.9 Å². The van der Waals surface area contributed by atoms with Crippen LogP contribution in [0.3, 0.4) is 0 Å². The van der Waals surface area contributed by atoms with Crippen molar-refractivity contribution in [3.8, 4) is 0 Å². The minimum atomic E-state index is -0.604. The van der Waals surface area contributed by atoms with Crippen molar-refractivity contribution >= 4 is 40.1 Å². The molecule has 0 aliphatic carbocycles. The fraction of sp³-hybridized carbons (Fsp3) is 0.250. The van der Waals surface area contributed by atoms with E-state index in [2.05, 4.69) is 65.6 Å². The van der Waals surface area contributed by atoms with Gasteiger partial charge in [-0.15, -0.1) is 0 Å². The Kier molecular flexibility index (Phi) is 6.61. The van der Waals surface area contributed by atoms with Crippen LogP contribution in [0.2, 0.25) is 0 Å².